The summed E-state index contributed by atoms with van der Waals surface area (Å²) in [5.41, 5.74) is 2.41. The molecular weight excluding hydrogens is 358 g/mol. The van der Waals surface area contributed by atoms with E-state index >= 15 is 0 Å². The van der Waals surface area contributed by atoms with E-state index in [1.54, 1.807) is 33.5 Å². The molecule has 0 aliphatic carbocycles. The molecule has 1 N–H and O–H groups in total. The summed E-state index contributed by atoms with van der Waals surface area (Å²) >= 11 is 0. The number of methoxy groups -OCH3 is 3. The Morgan fingerprint density at radius 2 is 1.82 bits per heavy atom. The Morgan fingerprint density at radius 1 is 1.11 bits per heavy atom. The Labute approximate surface area is 165 Å². The number of carboxylic acids is 1. The molecule has 0 unspecified atom stereocenters. The van der Waals surface area contributed by atoms with E-state index in [4.69, 9.17) is 14.2 Å². The molecule has 28 heavy (non-hydrogen) atoms. The lowest BCUT2D eigenvalue weighted by atomic mass is 9.89. The van der Waals surface area contributed by atoms with Gasteiger partial charge in [0.05, 0.1) is 32.5 Å². The first-order chi connectivity index (χ1) is 13.5. The maximum atomic E-state index is 11.3. The summed E-state index contributed by atoms with van der Waals surface area (Å²) in [6.07, 6.45) is 2.11. The summed E-state index contributed by atoms with van der Waals surface area (Å²) < 4.78 is 16.5. The standard InChI is InChI=1S/C22H27NO5/c1-26-18-11-20(27-2)19(21(12-18)28-3)14-23-9-5-8-17(13-23)15-6-4-7-16(10-15)22(24)25/h4,6-7,10-12,17H,5,8-9,13-14H2,1-3H3,(H,24,25)/t17-/m1/s1. The summed E-state index contributed by atoms with van der Waals surface area (Å²) in [7, 11) is 4.91. The van der Waals surface area contributed by atoms with Gasteiger partial charge in [-0.15, -0.1) is 0 Å². The number of aromatic carboxylic acids is 1. The second kappa shape index (κ2) is 8.97. The van der Waals surface area contributed by atoms with E-state index in [1.807, 2.05) is 24.3 Å². The smallest absolute Gasteiger partial charge is 0.335 e. The van der Waals surface area contributed by atoms with Gasteiger partial charge >= 0.3 is 5.97 Å². The second-order valence-corrected chi connectivity index (χ2v) is 7.02. The van der Waals surface area contributed by atoms with Gasteiger partial charge in [0.15, 0.2) is 0 Å². The molecule has 6 nitrogen and oxygen atoms in total. The highest BCUT2D eigenvalue weighted by atomic mass is 16.5. The topological polar surface area (TPSA) is 68.2 Å². The van der Waals surface area contributed by atoms with E-state index in [0.29, 0.717) is 23.8 Å². The van der Waals surface area contributed by atoms with Crippen LogP contribution in [0.5, 0.6) is 17.2 Å². The molecule has 1 heterocycles. The van der Waals surface area contributed by atoms with Crippen molar-refractivity contribution in [1.82, 2.24) is 4.90 Å². The van der Waals surface area contributed by atoms with Crippen LogP contribution in [-0.2, 0) is 6.54 Å². The van der Waals surface area contributed by atoms with Crippen molar-refractivity contribution in [2.45, 2.75) is 25.3 Å². The van der Waals surface area contributed by atoms with Crippen LogP contribution in [0.4, 0.5) is 0 Å². The van der Waals surface area contributed by atoms with Crippen LogP contribution in [0.3, 0.4) is 0 Å². The number of hydrogen-bond donors (Lipinski definition) is 1. The zero-order valence-corrected chi connectivity index (χ0v) is 16.6. The van der Waals surface area contributed by atoms with Gasteiger partial charge in [-0.05, 0) is 43.0 Å². The lowest BCUT2D eigenvalue weighted by molar-refractivity contribution is 0.0696. The second-order valence-electron chi connectivity index (χ2n) is 7.02. The molecule has 0 aromatic heterocycles. The van der Waals surface area contributed by atoms with Crippen molar-refractivity contribution in [3.05, 3.63) is 53.1 Å². The van der Waals surface area contributed by atoms with Crippen molar-refractivity contribution < 1.29 is 24.1 Å². The molecule has 2 aromatic rings. The predicted molar refractivity (Wildman–Crippen MR) is 107 cm³/mol. The van der Waals surface area contributed by atoms with Gasteiger partial charge in [0.2, 0.25) is 0 Å². The first-order valence-corrected chi connectivity index (χ1v) is 9.40. The van der Waals surface area contributed by atoms with E-state index < -0.39 is 5.97 Å². The number of nitrogens with zero attached hydrogens (tertiary/aromatic N) is 1. The third-order valence-corrected chi connectivity index (χ3v) is 5.31. The molecular formula is C22H27NO5. The quantitative estimate of drug-likeness (QED) is 0.782. The lowest BCUT2D eigenvalue weighted by Crippen LogP contribution is -2.34. The first-order valence-electron chi connectivity index (χ1n) is 9.40. The summed E-state index contributed by atoms with van der Waals surface area (Å²) in [6, 6.07) is 11.0. The van der Waals surface area contributed by atoms with Gasteiger partial charge in [-0.3, -0.25) is 4.90 Å². The minimum atomic E-state index is -0.887. The average molecular weight is 385 g/mol. The zero-order valence-electron chi connectivity index (χ0n) is 16.6. The Bertz CT molecular complexity index is 810. The van der Waals surface area contributed by atoms with Crippen molar-refractivity contribution in [3.8, 4) is 17.2 Å². The molecule has 1 fully saturated rings. The highest BCUT2D eigenvalue weighted by Gasteiger charge is 2.24. The van der Waals surface area contributed by atoms with Crippen molar-refractivity contribution in [2.75, 3.05) is 34.4 Å². The van der Waals surface area contributed by atoms with Crippen molar-refractivity contribution >= 4 is 5.97 Å². The first kappa shape index (κ1) is 20.0. The monoisotopic (exact) mass is 385 g/mol. The summed E-state index contributed by atoms with van der Waals surface area (Å²) in [5, 5.41) is 9.26. The van der Waals surface area contributed by atoms with Crippen LogP contribution in [0.1, 0.15) is 40.2 Å². The van der Waals surface area contributed by atoms with Gasteiger partial charge in [0, 0.05) is 25.2 Å². The van der Waals surface area contributed by atoms with Crippen LogP contribution in [0, 0.1) is 0 Å². The Balaban J connectivity index is 1.80. The van der Waals surface area contributed by atoms with Crippen molar-refractivity contribution in [2.24, 2.45) is 0 Å². The fourth-order valence-electron chi connectivity index (χ4n) is 3.85. The third kappa shape index (κ3) is 4.39. The molecule has 0 bridgehead atoms. The minimum Gasteiger partial charge on any atom is -0.496 e. The average Bonchev–Trinajstić information content (AvgIpc) is 2.74. The number of ether oxygens (including phenoxy) is 3. The minimum absolute atomic E-state index is 0.309. The summed E-state index contributed by atoms with van der Waals surface area (Å²) in [4.78, 5) is 13.7. The van der Waals surface area contributed by atoms with E-state index in [0.717, 1.165) is 48.6 Å². The highest BCUT2D eigenvalue weighted by molar-refractivity contribution is 5.87. The van der Waals surface area contributed by atoms with Crippen LogP contribution in [0.15, 0.2) is 36.4 Å². The van der Waals surface area contributed by atoms with Gasteiger partial charge in [-0.25, -0.2) is 4.79 Å². The molecule has 0 saturated carbocycles. The molecule has 6 heteroatoms. The molecule has 1 aliphatic heterocycles. The normalized spacial score (nSPS) is 17.2. The number of likely N-dealkylation sites (tertiary alicyclic amines) is 1. The molecule has 0 amide bonds. The van der Waals surface area contributed by atoms with Gasteiger partial charge in [-0.2, -0.15) is 0 Å². The van der Waals surface area contributed by atoms with Gasteiger partial charge < -0.3 is 19.3 Å². The van der Waals surface area contributed by atoms with E-state index in [2.05, 4.69) is 4.90 Å². The molecule has 1 saturated heterocycles. The number of carboxylic acid groups (broad SMARTS) is 1. The fourth-order valence-corrected chi connectivity index (χ4v) is 3.85. The van der Waals surface area contributed by atoms with Crippen LogP contribution >= 0.6 is 0 Å². The molecule has 2 aromatic carbocycles. The van der Waals surface area contributed by atoms with Gasteiger partial charge in [0.25, 0.3) is 0 Å². The largest absolute Gasteiger partial charge is 0.496 e. The van der Waals surface area contributed by atoms with E-state index in [-0.39, 0.29) is 0 Å². The SMILES string of the molecule is COc1cc(OC)c(CN2CCC[C@@H](c3cccc(C(=O)O)c3)C2)c(OC)c1. The lowest BCUT2D eigenvalue weighted by Gasteiger charge is -2.33. The van der Waals surface area contributed by atoms with Crippen LogP contribution in [-0.4, -0.2) is 50.4 Å². The van der Waals surface area contributed by atoms with Crippen LogP contribution in [0.2, 0.25) is 0 Å². The molecule has 0 spiro atoms. The highest BCUT2D eigenvalue weighted by Crippen LogP contribution is 2.36. The fraction of sp³-hybridized carbons (Fsp3) is 0.409. The van der Waals surface area contributed by atoms with E-state index in [1.165, 1.54) is 0 Å². The van der Waals surface area contributed by atoms with Crippen molar-refractivity contribution in [1.29, 1.82) is 0 Å². The summed E-state index contributed by atoms with van der Waals surface area (Å²) in [6.45, 7) is 2.54. The Morgan fingerprint density at radius 3 is 2.43 bits per heavy atom. The molecule has 0 radical (unpaired) electrons. The zero-order chi connectivity index (χ0) is 20.1. The number of carbonyl (C=O) groups is 1. The van der Waals surface area contributed by atoms with Crippen molar-refractivity contribution in [3.63, 3.8) is 0 Å². The number of piperidine rings is 1. The number of benzene rings is 2. The molecule has 3 rings (SSSR count). The Hall–Kier alpha value is -2.73. The number of rotatable bonds is 7. The van der Waals surface area contributed by atoms with Crippen LogP contribution in [0.25, 0.3) is 0 Å². The Kier molecular flexibility index (Phi) is 6.41. The van der Waals surface area contributed by atoms with Gasteiger partial charge in [0.1, 0.15) is 17.2 Å². The molecule has 1 atom stereocenters. The maximum absolute atomic E-state index is 11.3. The number of hydrogen-bond acceptors (Lipinski definition) is 5. The third-order valence-electron chi connectivity index (χ3n) is 5.31. The summed E-state index contributed by atoms with van der Waals surface area (Å²) in [5.74, 6) is 1.60. The van der Waals surface area contributed by atoms with Crippen LogP contribution < -0.4 is 14.2 Å². The predicted octanol–water partition coefficient (Wildman–Crippen LogP) is 3.79. The van der Waals surface area contributed by atoms with E-state index in [9.17, 15) is 9.90 Å². The molecule has 150 valence electrons. The molecule has 1 aliphatic rings. The van der Waals surface area contributed by atoms with Gasteiger partial charge in [-0.1, -0.05) is 12.1 Å². The maximum Gasteiger partial charge on any atom is 0.335 e.